The Bertz CT molecular complexity index is 1090. The number of piperidine rings is 1. The van der Waals surface area contributed by atoms with Crippen molar-refractivity contribution in [2.75, 3.05) is 24.6 Å². The lowest BCUT2D eigenvalue weighted by atomic mass is 9.93. The lowest BCUT2D eigenvalue weighted by molar-refractivity contribution is -0.0596. The van der Waals surface area contributed by atoms with Crippen molar-refractivity contribution < 1.29 is 9.47 Å². The lowest BCUT2D eigenvalue weighted by Crippen LogP contribution is -2.35. The number of imidazole rings is 1. The van der Waals surface area contributed by atoms with Gasteiger partial charge in [-0.05, 0) is 43.4 Å². The van der Waals surface area contributed by atoms with Gasteiger partial charge in [-0.15, -0.1) is 0 Å². The van der Waals surface area contributed by atoms with Crippen LogP contribution in [0.3, 0.4) is 0 Å². The van der Waals surface area contributed by atoms with E-state index in [4.69, 9.17) is 19.7 Å². The number of pyridine rings is 2. The molecule has 2 aliphatic heterocycles. The van der Waals surface area contributed by atoms with Crippen LogP contribution in [-0.4, -0.2) is 45.3 Å². The average Bonchev–Trinajstić information content (AvgIpc) is 3.27. The summed E-state index contributed by atoms with van der Waals surface area (Å²) in [4.78, 5) is 15.9. The normalized spacial score (nSPS) is 18.5. The molecule has 2 aliphatic rings. The minimum Gasteiger partial charge on any atom is -0.471 e. The fourth-order valence-corrected chi connectivity index (χ4v) is 4.35. The maximum absolute atomic E-state index is 8.88. The van der Waals surface area contributed by atoms with Crippen LogP contribution in [0.15, 0.2) is 48.9 Å². The van der Waals surface area contributed by atoms with E-state index in [0.717, 1.165) is 63.4 Å². The third kappa shape index (κ3) is 5.32. The third-order valence-electron chi connectivity index (χ3n) is 6.44. The van der Waals surface area contributed by atoms with Crippen molar-refractivity contribution in [1.29, 1.82) is 5.26 Å². The topological polar surface area (TPSA) is 89.1 Å². The quantitative estimate of drug-likeness (QED) is 0.526. The zero-order valence-corrected chi connectivity index (χ0v) is 18.6. The second-order valence-corrected chi connectivity index (χ2v) is 8.68. The Kier molecular flexibility index (Phi) is 6.49. The van der Waals surface area contributed by atoms with E-state index in [9.17, 15) is 0 Å². The van der Waals surface area contributed by atoms with Crippen molar-refractivity contribution in [2.45, 2.75) is 44.9 Å². The maximum Gasteiger partial charge on any atom is 0.215 e. The summed E-state index contributed by atoms with van der Waals surface area (Å²) >= 11 is 0. The first-order chi connectivity index (χ1) is 16.3. The molecule has 3 aromatic rings. The maximum atomic E-state index is 8.88. The van der Waals surface area contributed by atoms with Crippen LogP contribution in [0.2, 0.25) is 0 Å². The molecule has 8 nitrogen and oxygen atoms in total. The second kappa shape index (κ2) is 10.0. The Morgan fingerprint density at radius 1 is 1.12 bits per heavy atom. The van der Waals surface area contributed by atoms with E-state index in [-0.39, 0.29) is 0 Å². The van der Waals surface area contributed by atoms with Crippen molar-refractivity contribution in [3.8, 4) is 11.9 Å². The molecule has 2 fully saturated rings. The number of nitrogens with zero attached hydrogens (tertiary/aromatic N) is 6. The highest BCUT2D eigenvalue weighted by Gasteiger charge is 2.24. The van der Waals surface area contributed by atoms with E-state index in [1.165, 1.54) is 5.82 Å². The highest BCUT2D eigenvalue weighted by Crippen LogP contribution is 2.26. The molecule has 0 aromatic carbocycles. The van der Waals surface area contributed by atoms with Crippen LogP contribution >= 0.6 is 0 Å². The Hall–Kier alpha value is -3.44. The first-order valence-corrected chi connectivity index (χ1v) is 11.6. The largest absolute Gasteiger partial charge is 0.471 e. The molecule has 170 valence electrons. The zero-order chi connectivity index (χ0) is 22.5. The summed E-state index contributed by atoms with van der Waals surface area (Å²) in [5.41, 5.74) is 1.31. The van der Waals surface area contributed by atoms with Gasteiger partial charge >= 0.3 is 0 Å². The summed E-state index contributed by atoms with van der Waals surface area (Å²) in [5.74, 6) is 3.34. The van der Waals surface area contributed by atoms with Gasteiger partial charge in [0.2, 0.25) is 5.88 Å². The van der Waals surface area contributed by atoms with E-state index >= 15 is 0 Å². The minimum atomic E-state index is 0.322. The van der Waals surface area contributed by atoms with Gasteiger partial charge in [-0.25, -0.2) is 4.98 Å². The summed E-state index contributed by atoms with van der Waals surface area (Å²) < 4.78 is 13.7. The monoisotopic (exact) mass is 444 g/mol. The molecule has 0 saturated carbocycles. The summed E-state index contributed by atoms with van der Waals surface area (Å²) in [6, 6.07) is 11.5. The van der Waals surface area contributed by atoms with Gasteiger partial charge in [0.15, 0.2) is 0 Å². The minimum absolute atomic E-state index is 0.322. The van der Waals surface area contributed by atoms with Gasteiger partial charge in [-0.2, -0.15) is 10.2 Å². The molecule has 0 unspecified atom stereocenters. The van der Waals surface area contributed by atoms with Crippen molar-refractivity contribution in [1.82, 2.24) is 19.5 Å². The fourth-order valence-electron chi connectivity index (χ4n) is 4.35. The van der Waals surface area contributed by atoms with Gasteiger partial charge in [0.1, 0.15) is 24.3 Å². The molecule has 5 heterocycles. The molecule has 0 radical (unpaired) electrons. The highest BCUT2D eigenvalue weighted by molar-refractivity contribution is 5.41. The predicted molar refractivity (Wildman–Crippen MR) is 123 cm³/mol. The molecule has 0 aliphatic carbocycles. The van der Waals surface area contributed by atoms with Crippen LogP contribution in [0.25, 0.3) is 0 Å². The van der Waals surface area contributed by atoms with Gasteiger partial charge in [0, 0.05) is 50.8 Å². The van der Waals surface area contributed by atoms with Gasteiger partial charge in [-0.1, -0.05) is 6.07 Å². The smallest absolute Gasteiger partial charge is 0.215 e. The van der Waals surface area contributed by atoms with E-state index in [0.29, 0.717) is 30.1 Å². The SMILES string of the molecule is N#Cc1ccc(COc2cccc(N3CCC(Cc4nccn4C[C@@H]4CCO4)CC3)n2)nc1. The molecule has 0 bridgehead atoms. The van der Waals surface area contributed by atoms with Crippen molar-refractivity contribution in [2.24, 2.45) is 5.92 Å². The number of nitriles is 1. The molecule has 8 heteroatoms. The van der Waals surface area contributed by atoms with Crippen LogP contribution in [0.1, 0.15) is 36.3 Å². The molecule has 0 N–H and O–H groups in total. The second-order valence-electron chi connectivity index (χ2n) is 8.68. The number of aromatic nitrogens is 4. The van der Waals surface area contributed by atoms with E-state index in [1.54, 1.807) is 18.3 Å². The molecule has 33 heavy (non-hydrogen) atoms. The van der Waals surface area contributed by atoms with Gasteiger partial charge in [-0.3, -0.25) is 4.98 Å². The zero-order valence-electron chi connectivity index (χ0n) is 18.6. The number of ether oxygens (including phenoxy) is 2. The van der Waals surface area contributed by atoms with Crippen LogP contribution < -0.4 is 9.64 Å². The van der Waals surface area contributed by atoms with Crippen LogP contribution in [0.5, 0.6) is 5.88 Å². The fraction of sp³-hybridized carbons (Fsp3) is 0.440. The van der Waals surface area contributed by atoms with Gasteiger partial charge in [0.25, 0.3) is 0 Å². The Morgan fingerprint density at radius 2 is 2.00 bits per heavy atom. The van der Waals surface area contributed by atoms with E-state index in [1.807, 2.05) is 24.4 Å². The molecule has 0 spiro atoms. The highest BCUT2D eigenvalue weighted by atomic mass is 16.5. The number of anilines is 1. The first-order valence-electron chi connectivity index (χ1n) is 11.6. The number of rotatable bonds is 8. The van der Waals surface area contributed by atoms with Gasteiger partial charge in [0.05, 0.1) is 23.9 Å². The number of hydrogen-bond donors (Lipinski definition) is 0. The number of hydrogen-bond acceptors (Lipinski definition) is 7. The van der Waals surface area contributed by atoms with Crippen LogP contribution in [-0.2, 0) is 24.3 Å². The summed E-state index contributed by atoms with van der Waals surface area (Å²) in [6.45, 7) is 4.08. The third-order valence-corrected chi connectivity index (χ3v) is 6.44. The molecular weight excluding hydrogens is 416 g/mol. The first kappa shape index (κ1) is 21.4. The molecule has 5 rings (SSSR count). The van der Waals surface area contributed by atoms with Crippen molar-refractivity contribution >= 4 is 5.82 Å². The van der Waals surface area contributed by atoms with Crippen LogP contribution in [0.4, 0.5) is 5.82 Å². The summed E-state index contributed by atoms with van der Waals surface area (Å²) in [6.07, 6.45) is 10.3. The molecule has 1 atom stereocenters. The summed E-state index contributed by atoms with van der Waals surface area (Å²) in [7, 11) is 0. The molecular formula is C25H28N6O2. The standard InChI is InChI=1S/C25H28N6O2/c26-15-20-4-5-21(28-16-20)18-33-25-3-1-2-23(29-25)30-10-6-19(7-11-30)14-24-27-9-12-31(24)17-22-8-13-32-22/h1-5,9,12,16,19,22H,6-8,10-11,13-14,17-18H2/t22-/m0/s1. The van der Waals surface area contributed by atoms with Crippen LogP contribution in [0, 0.1) is 17.2 Å². The van der Waals surface area contributed by atoms with E-state index in [2.05, 4.69) is 31.7 Å². The Labute approximate surface area is 193 Å². The van der Waals surface area contributed by atoms with E-state index < -0.39 is 0 Å². The van der Waals surface area contributed by atoms with Crippen molar-refractivity contribution in [3.63, 3.8) is 0 Å². The van der Waals surface area contributed by atoms with Gasteiger partial charge < -0.3 is 18.9 Å². The predicted octanol–water partition coefficient (Wildman–Crippen LogP) is 3.37. The average molecular weight is 445 g/mol. The molecule has 0 amide bonds. The Balaban J connectivity index is 1.13. The summed E-state index contributed by atoms with van der Waals surface area (Å²) in [5, 5.41) is 8.88. The Morgan fingerprint density at radius 3 is 2.73 bits per heavy atom. The lowest BCUT2D eigenvalue weighted by Gasteiger charge is -2.33. The molecule has 3 aromatic heterocycles. The molecule has 2 saturated heterocycles. The van der Waals surface area contributed by atoms with Crippen molar-refractivity contribution in [3.05, 3.63) is 66.0 Å².